The van der Waals surface area contributed by atoms with E-state index in [9.17, 15) is 0 Å². The molecule has 2 aromatic rings. The Morgan fingerprint density at radius 3 is 2.62 bits per heavy atom. The standard InChI is InChI=1S/C16H23N5/c1-16(2)10-8-13(9-11-16)17-12-15-18-19-20-21(15)14-6-4-3-5-7-14/h3-7,13,17H,8-12H2,1-2H3. The van der Waals surface area contributed by atoms with Crippen molar-refractivity contribution >= 4 is 0 Å². The smallest absolute Gasteiger partial charge is 0.170 e. The highest BCUT2D eigenvalue weighted by Gasteiger charge is 2.26. The lowest BCUT2D eigenvalue weighted by Crippen LogP contribution is -2.35. The molecule has 0 unspecified atom stereocenters. The number of hydrogen-bond acceptors (Lipinski definition) is 4. The number of tetrazole rings is 1. The van der Waals surface area contributed by atoms with Crippen molar-refractivity contribution in [3.05, 3.63) is 36.2 Å². The van der Waals surface area contributed by atoms with Crippen molar-refractivity contribution < 1.29 is 0 Å². The van der Waals surface area contributed by atoms with Crippen LogP contribution in [0.2, 0.25) is 0 Å². The minimum absolute atomic E-state index is 0.504. The van der Waals surface area contributed by atoms with E-state index in [4.69, 9.17) is 0 Å². The van der Waals surface area contributed by atoms with E-state index < -0.39 is 0 Å². The number of nitrogens with zero attached hydrogens (tertiary/aromatic N) is 4. The maximum Gasteiger partial charge on any atom is 0.170 e. The second kappa shape index (κ2) is 5.93. The van der Waals surface area contributed by atoms with Crippen LogP contribution in [-0.4, -0.2) is 26.2 Å². The highest BCUT2D eigenvalue weighted by molar-refractivity contribution is 5.30. The summed E-state index contributed by atoms with van der Waals surface area (Å²) < 4.78 is 1.81. The number of aromatic nitrogens is 4. The molecule has 0 radical (unpaired) electrons. The van der Waals surface area contributed by atoms with E-state index in [2.05, 4.69) is 34.7 Å². The molecule has 0 spiro atoms. The first-order valence-electron chi connectivity index (χ1n) is 7.70. The van der Waals surface area contributed by atoms with Gasteiger partial charge in [0.1, 0.15) is 0 Å². The molecule has 0 bridgehead atoms. The van der Waals surface area contributed by atoms with Gasteiger partial charge in [-0.3, -0.25) is 0 Å². The molecule has 1 aliphatic carbocycles. The first kappa shape index (κ1) is 14.2. The Labute approximate surface area is 125 Å². The second-order valence-electron chi connectivity index (χ2n) is 6.66. The third-order valence-electron chi connectivity index (χ3n) is 4.42. The van der Waals surface area contributed by atoms with Gasteiger partial charge in [-0.2, -0.15) is 4.68 Å². The molecular weight excluding hydrogens is 262 g/mol. The lowest BCUT2D eigenvalue weighted by atomic mass is 9.75. The van der Waals surface area contributed by atoms with Gasteiger partial charge in [0.25, 0.3) is 0 Å². The summed E-state index contributed by atoms with van der Waals surface area (Å²) in [7, 11) is 0. The third-order valence-corrected chi connectivity index (χ3v) is 4.42. The van der Waals surface area contributed by atoms with Crippen LogP contribution < -0.4 is 5.32 Å². The van der Waals surface area contributed by atoms with Crippen LogP contribution in [0.4, 0.5) is 0 Å². The average Bonchev–Trinajstić information content (AvgIpc) is 2.95. The summed E-state index contributed by atoms with van der Waals surface area (Å²) in [5.41, 5.74) is 1.51. The normalized spacial score (nSPS) is 18.8. The zero-order valence-corrected chi connectivity index (χ0v) is 12.8. The van der Waals surface area contributed by atoms with Gasteiger partial charge in [-0.1, -0.05) is 32.0 Å². The molecule has 1 aliphatic rings. The average molecular weight is 285 g/mol. The van der Waals surface area contributed by atoms with Crippen LogP contribution >= 0.6 is 0 Å². The van der Waals surface area contributed by atoms with Crippen molar-refractivity contribution in [2.24, 2.45) is 5.41 Å². The van der Waals surface area contributed by atoms with E-state index in [-0.39, 0.29) is 0 Å². The zero-order valence-electron chi connectivity index (χ0n) is 12.8. The summed E-state index contributed by atoms with van der Waals surface area (Å²) in [6.45, 7) is 5.44. The fourth-order valence-electron chi connectivity index (χ4n) is 2.92. The Morgan fingerprint density at radius 1 is 1.19 bits per heavy atom. The van der Waals surface area contributed by atoms with Gasteiger partial charge in [-0.15, -0.1) is 5.10 Å². The predicted molar refractivity (Wildman–Crippen MR) is 82.0 cm³/mol. The molecule has 0 amide bonds. The summed E-state index contributed by atoms with van der Waals surface area (Å²) in [5, 5.41) is 15.7. The van der Waals surface area contributed by atoms with Crippen molar-refractivity contribution in [2.45, 2.75) is 52.1 Å². The molecule has 1 fully saturated rings. The molecule has 21 heavy (non-hydrogen) atoms. The molecule has 0 saturated heterocycles. The summed E-state index contributed by atoms with van der Waals surface area (Å²) in [6.07, 6.45) is 5.04. The Morgan fingerprint density at radius 2 is 1.90 bits per heavy atom. The van der Waals surface area contributed by atoms with Crippen molar-refractivity contribution in [3.8, 4) is 5.69 Å². The largest absolute Gasteiger partial charge is 0.307 e. The molecule has 1 heterocycles. The predicted octanol–water partition coefficient (Wildman–Crippen LogP) is 2.72. The minimum Gasteiger partial charge on any atom is -0.307 e. The van der Waals surface area contributed by atoms with Crippen molar-refractivity contribution in [2.75, 3.05) is 0 Å². The van der Waals surface area contributed by atoms with Gasteiger partial charge in [-0.05, 0) is 53.7 Å². The lowest BCUT2D eigenvalue weighted by Gasteiger charge is -2.34. The van der Waals surface area contributed by atoms with Crippen molar-refractivity contribution in [1.29, 1.82) is 0 Å². The topological polar surface area (TPSA) is 55.6 Å². The molecule has 0 aliphatic heterocycles. The molecule has 5 nitrogen and oxygen atoms in total. The van der Waals surface area contributed by atoms with Crippen LogP contribution in [0.15, 0.2) is 30.3 Å². The molecule has 1 N–H and O–H groups in total. The number of nitrogens with one attached hydrogen (secondary N) is 1. The summed E-state index contributed by atoms with van der Waals surface area (Å²) in [5.74, 6) is 0.867. The van der Waals surface area contributed by atoms with Gasteiger partial charge in [0.2, 0.25) is 0 Å². The molecular formula is C16H23N5. The maximum atomic E-state index is 4.14. The Kier molecular flexibility index (Phi) is 4.01. The molecule has 1 aromatic heterocycles. The van der Waals surface area contributed by atoms with Crippen LogP contribution in [-0.2, 0) is 6.54 Å². The van der Waals surface area contributed by atoms with Crippen LogP contribution in [0.5, 0.6) is 0 Å². The number of para-hydroxylation sites is 1. The molecule has 5 heteroatoms. The van der Waals surface area contributed by atoms with E-state index in [1.54, 1.807) is 4.68 Å². The molecule has 112 valence electrons. The Balaban J connectivity index is 1.61. The van der Waals surface area contributed by atoms with Gasteiger partial charge in [0.15, 0.2) is 5.82 Å². The minimum atomic E-state index is 0.504. The molecule has 3 rings (SSSR count). The quantitative estimate of drug-likeness (QED) is 0.938. The summed E-state index contributed by atoms with van der Waals surface area (Å²) in [6, 6.07) is 10.6. The van der Waals surface area contributed by atoms with E-state index in [1.807, 2.05) is 30.3 Å². The van der Waals surface area contributed by atoms with E-state index in [0.29, 0.717) is 18.0 Å². The fraction of sp³-hybridized carbons (Fsp3) is 0.562. The number of benzene rings is 1. The van der Waals surface area contributed by atoms with Crippen LogP contribution in [0, 0.1) is 5.41 Å². The third kappa shape index (κ3) is 3.47. The summed E-state index contributed by atoms with van der Waals surface area (Å²) in [4.78, 5) is 0. The number of rotatable bonds is 4. The van der Waals surface area contributed by atoms with Gasteiger partial charge >= 0.3 is 0 Å². The Bertz CT molecular complexity index is 565. The SMILES string of the molecule is CC1(C)CCC(NCc2nnnn2-c2ccccc2)CC1. The molecule has 1 saturated carbocycles. The van der Waals surface area contributed by atoms with Gasteiger partial charge in [0, 0.05) is 6.04 Å². The highest BCUT2D eigenvalue weighted by atomic mass is 15.5. The van der Waals surface area contributed by atoms with Crippen LogP contribution in [0.3, 0.4) is 0 Å². The first-order chi connectivity index (χ1) is 10.1. The Hall–Kier alpha value is -1.75. The molecule has 0 atom stereocenters. The van der Waals surface area contributed by atoms with Gasteiger partial charge in [-0.25, -0.2) is 0 Å². The van der Waals surface area contributed by atoms with Crippen LogP contribution in [0.25, 0.3) is 5.69 Å². The monoisotopic (exact) mass is 285 g/mol. The van der Waals surface area contributed by atoms with Gasteiger partial charge in [0.05, 0.1) is 12.2 Å². The van der Waals surface area contributed by atoms with Crippen LogP contribution in [0.1, 0.15) is 45.4 Å². The van der Waals surface area contributed by atoms with Crippen molar-refractivity contribution in [1.82, 2.24) is 25.5 Å². The van der Waals surface area contributed by atoms with E-state index in [1.165, 1.54) is 25.7 Å². The number of hydrogen-bond donors (Lipinski definition) is 1. The fourth-order valence-corrected chi connectivity index (χ4v) is 2.92. The first-order valence-corrected chi connectivity index (χ1v) is 7.70. The summed E-state index contributed by atoms with van der Waals surface area (Å²) >= 11 is 0. The second-order valence-corrected chi connectivity index (χ2v) is 6.66. The van der Waals surface area contributed by atoms with E-state index >= 15 is 0 Å². The van der Waals surface area contributed by atoms with E-state index in [0.717, 1.165) is 11.5 Å². The zero-order chi connectivity index (χ0) is 14.7. The molecule has 1 aromatic carbocycles. The highest BCUT2D eigenvalue weighted by Crippen LogP contribution is 2.35. The maximum absolute atomic E-state index is 4.14. The van der Waals surface area contributed by atoms with Crippen molar-refractivity contribution in [3.63, 3.8) is 0 Å². The van der Waals surface area contributed by atoms with Gasteiger partial charge < -0.3 is 5.32 Å². The lowest BCUT2D eigenvalue weighted by molar-refractivity contribution is 0.205.